The molecule has 3 aromatic carbocycles. The van der Waals surface area contributed by atoms with E-state index in [1.165, 1.54) is 22.5 Å². The van der Waals surface area contributed by atoms with Gasteiger partial charge in [-0.3, -0.25) is 4.79 Å². The van der Waals surface area contributed by atoms with Crippen LogP contribution in [0.3, 0.4) is 0 Å². The van der Waals surface area contributed by atoms with Crippen LogP contribution < -0.4 is 10.1 Å². The fraction of sp³-hybridized carbons (Fsp3) is 0.231. The third kappa shape index (κ3) is 5.82. The number of nitrogens with zero attached hydrogens (tertiary/aromatic N) is 2. The Bertz CT molecular complexity index is 1360. The van der Waals surface area contributed by atoms with Gasteiger partial charge >= 0.3 is 0 Å². The van der Waals surface area contributed by atoms with E-state index in [1.807, 2.05) is 19.1 Å². The lowest BCUT2D eigenvalue weighted by Gasteiger charge is -2.32. The van der Waals surface area contributed by atoms with E-state index in [0.29, 0.717) is 29.2 Å². The number of benzene rings is 3. The largest absolute Gasteiger partial charge is 0.456 e. The molecule has 3 aromatic rings. The van der Waals surface area contributed by atoms with Gasteiger partial charge in [0.25, 0.3) is 5.91 Å². The highest BCUT2D eigenvalue weighted by molar-refractivity contribution is 7.89. The summed E-state index contributed by atoms with van der Waals surface area (Å²) < 4.78 is 34.4. The SMILES string of the molecule is Cc1cc(Cl)cc(Oc2ccc(C#N)cc2S(=O)(=O)N2CCC(NC(=O)c3ccccc3)CC2)c1. The Morgan fingerprint density at radius 1 is 1.09 bits per heavy atom. The van der Waals surface area contributed by atoms with Crippen molar-refractivity contribution in [3.63, 3.8) is 0 Å². The van der Waals surface area contributed by atoms with Crippen LogP contribution in [0.5, 0.6) is 11.5 Å². The molecule has 0 spiro atoms. The smallest absolute Gasteiger partial charge is 0.251 e. The Morgan fingerprint density at radius 3 is 2.46 bits per heavy atom. The van der Waals surface area contributed by atoms with E-state index in [9.17, 15) is 18.5 Å². The van der Waals surface area contributed by atoms with Crippen molar-refractivity contribution < 1.29 is 17.9 Å². The number of carbonyl (C=O) groups is 1. The van der Waals surface area contributed by atoms with Crippen LogP contribution in [-0.4, -0.2) is 37.8 Å². The Hall–Kier alpha value is -3.38. The molecule has 4 rings (SSSR count). The summed E-state index contributed by atoms with van der Waals surface area (Å²) in [6.07, 6.45) is 0.943. The second-order valence-electron chi connectivity index (χ2n) is 8.36. The van der Waals surface area contributed by atoms with E-state index >= 15 is 0 Å². The van der Waals surface area contributed by atoms with Crippen LogP contribution in [0.2, 0.25) is 5.02 Å². The zero-order chi connectivity index (χ0) is 25.0. The number of hydrogen-bond acceptors (Lipinski definition) is 5. The van der Waals surface area contributed by atoms with E-state index in [2.05, 4.69) is 5.32 Å². The van der Waals surface area contributed by atoms with Crippen molar-refractivity contribution in [1.82, 2.24) is 9.62 Å². The lowest BCUT2D eigenvalue weighted by atomic mass is 10.1. The number of nitriles is 1. The Kier molecular flexibility index (Phi) is 7.41. The molecule has 0 atom stereocenters. The van der Waals surface area contributed by atoms with E-state index in [0.717, 1.165) is 5.56 Å². The van der Waals surface area contributed by atoms with E-state index in [-0.39, 0.29) is 41.2 Å². The van der Waals surface area contributed by atoms with Gasteiger partial charge in [0.15, 0.2) is 0 Å². The van der Waals surface area contributed by atoms with Gasteiger partial charge in [0.1, 0.15) is 16.4 Å². The van der Waals surface area contributed by atoms with Crippen molar-refractivity contribution in [2.45, 2.75) is 30.7 Å². The number of amides is 1. The molecule has 35 heavy (non-hydrogen) atoms. The quantitative estimate of drug-likeness (QED) is 0.509. The molecule has 1 fully saturated rings. The predicted octanol–water partition coefficient (Wildman–Crippen LogP) is 4.90. The molecule has 9 heteroatoms. The minimum absolute atomic E-state index is 0.0825. The molecule has 1 amide bonds. The summed E-state index contributed by atoms with van der Waals surface area (Å²) in [6.45, 7) is 2.32. The van der Waals surface area contributed by atoms with E-state index in [1.54, 1.807) is 42.5 Å². The molecule has 0 unspecified atom stereocenters. The number of sulfonamides is 1. The molecular weight excluding hydrogens is 486 g/mol. The van der Waals surface area contributed by atoms with Crippen LogP contribution in [0.15, 0.2) is 71.6 Å². The number of nitrogens with one attached hydrogen (secondary N) is 1. The number of piperidine rings is 1. The predicted molar refractivity (Wildman–Crippen MR) is 133 cm³/mol. The monoisotopic (exact) mass is 509 g/mol. The molecule has 1 saturated heterocycles. The molecular formula is C26H24ClN3O4S. The molecule has 0 radical (unpaired) electrons. The van der Waals surface area contributed by atoms with Crippen molar-refractivity contribution >= 4 is 27.5 Å². The summed E-state index contributed by atoms with van der Waals surface area (Å²) in [5, 5.41) is 12.8. The van der Waals surface area contributed by atoms with Gasteiger partial charge in [0.2, 0.25) is 10.0 Å². The molecule has 1 heterocycles. The lowest BCUT2D eigenvalue weighted by Crippen LogP contribution is -2.46. The second-order valence-corrected chi connectivity index (χ2v) is 10.7. The molecule has 1 N–H and O–H groups in total. The van der Waals surface area contributed by atoms with Gasteiger partial charge in [-0.1, -0.05) is 29.8 Å². The van der Waals surface area contributed by atoms with Crippen LogP contribution in [0.25, 0.3) is 0 Å². The number of aryl methyl sites for hydroxylation is 1. The fourth-order valence-electron chi connectivity index (χ4n) is 3.99. The summed E-state index contributed by atoms with van der Waals surface area (Å²) in [7, 11) is -3.96. The molecule has 0 aliphatic carbocycles. The van der Waals surface area contributed by atoms with Gasteiger partial charge in [-0.15, -0.1) is 0 Å². The maximum atomic E-state index is 13.6. The highest BCUT2D eigenvalue weighted by atomic mass is 35.5. The van der Waals surface area contributed by atoms with E-state index in [4.69, 9.17) is 16.3 Å². The fourth-order valence-corrected chi connectivity index (χ4v) is 5.88. The number of halogens is 1. The first kappa shape index (κ1) is 24.7. The summed E-state index contributed by atoms with van der Waals surface area (Å²) in [4.78, 5) is 12.4. The summed E-state index contributed by atoms with van der Waals surface area (Å²) >= 11 is 6.12. The maximum Gasteiger partial charge on any atom is 0.251 e. The Labute approximate surface area is 210 Å². The first-order chi connectivity index (χ1) is 16.8. The van der Waals surface area contributed by atoms with Crippen molar-refractivity contribution in [3.05, 3.63) is 88.4 Å². The third-order valence-electron chi connectivity index (χ3n) is 5.76. The average molecular weight is 510 g/mol. The number of hydrogen-bond donors (Lipinski definition) is 1. The first-order valence-electron chi connectivity index (χ1n) is 11.1. The number of carbonyl (C=O) groups excluding carboxylic acids is 1. The first-order valence-corrected chi connectivity index (χ1v) is 12.9. The number of ether oxygens (including phenoxy) is 1. The van der Waals surface area contributed by atoms with Crippen molar-refractivity contribution in [3.8, 4) is 17.6 Å². The van der Waals surface area contributed by atoms with Gasteiger partial charge in [-0.2, -0.15) is 9.57 Å². The van der Waals surface area contributed by atoms with Gasteiger partial charge < -0.3 is 10.1 Å². The molecule has 1 aliphatic rings. The minimum atomic E-state index is -3.96. The van der Waals surface area contributed by atoms with Crippen LogP contribution in [0.1, 0.15) is 34.3 Å². The normalized spacial score (nSPS) is 14.8. The maximum absolute atomic E-state index is 13.6. The summed E-state index contributed by atoms with van der Waals surface area (Å²) in [5.74, 6) is 0.338. The van der Waals surface area contributed by atoms with E-state index < -0.39 is 10.0 Å². The molecule has 0 aromatic heterocycles. The van der Waals surface area contributed by atoms with Crippen molar-refractivity contribution in [1.29, 1.82) is 5.26 Å². The van der Waals surface area contributed by atoms with Crippen LogP contribution in [0, 0.1) is 18.3 Å². The van der Waals surface area contributed by atoms with Crippen molar-refractivity contribution in [2.75, 3.05) is 13.1 Å². The number of rotatable bonds is 6. The molecule has 1 aliphatic heterocycles. The zero-order valence-corrected chi connectivity index (χ0v) is 20.6. The molecule has 0 bridgehead atoms. The molecule has 180 valence electrons. The average Bonchev–Trinajstić information content (AvgIpc) is 2.84. The lowest BCUT2D eigenvalue weighted by molar-refractivity contribution is 0.0924. The second kappa shape index (κ2) is 10.5. The standard InChI is InChI=1S/C26H24ClN3O4S/c1-18-13-21(27)16-23(14-18)34-24-8-7-19(17-28)15-25(24)35(32,33)30-11-9-22(10-12-30)29-26(31)20-5-3-2-4-6-20/h2-8,13-16,22H,9-12H2,1H3,(H,29,31). The zero-order valence-electron chi connectivity index (χ0n) is 19.1. The van der Waals surface area contributed by atoms with Gasteiger partial charge in [0.05, 0.1) is 11.6 Å². The molecule has 0 saturated carbocycles. The van der Waals surface area contributed by atoms with Crippen LogP contribution >= 0.6 is 11.6 Å². The van der Waals surface area contributed by atoms with Crippen LogP contribution in [0.4, 0.5) is 0 Å². The van der Waals surface area contributed by atoms with Gasteiger partial charge in [0, 0.05) is 29.7 Å². The molecule has 7 nitrogen and oxygen atoms in total. The highest BCUT2D eigenvalue weighted by Gasteiger charge is 2.32. The third-order valence-corrected chi connectivity index (χ3v) is 7.90. The Balaban J connectivity index is 1.52. The van der Waals surface area contributed by atoms with Gasteiger partial charge in [-0.25, -0.2) is 8.42 Å². The van der Waals surface area contributed by atoms with Crippen LogP contribution in [-0.2, 0) is 10.0 Å². The summed E-state index contributed by atoms with van der Waals surface area (Å²) in [5.41, 5.74) is 1.64. The topological polar surface area (TPSA) is 99.5 Å². The van der Waals surface area contributed by atoms with Gasteiger partial charge in [-0.05, 0) is 73.9 Å². The highest BCUT2D eigenvalue weighted by Crippen LogP contribution is 2.34. The summed E-state index contributed by atoms with van der Waals surface area (Å²) in [6, 6.07) is 20.2. The Morgan fingerprint density at radius 2 is 1.80 bits per heavy atom. The van der Waals surface area contributed by atoms with Crippen molar-refractivity contribution in [2.24, 2.45) is 0 Å². The minimum Gasteiger partial charge on any atom is -0.456 e.